The summed E-state index contributed by atoms with van der Waals surface area (Å²) in [4.78, 5) is 0.233. The number of H-pyrrole nitrogens is 1. The van der Waals surface area contributed by atoms with Gasteiger partial charge in [0.2, 0.25) is 10.0 Å². The highest BCUT2D eigenvalue weighted by molar-refractivity contribution is 7.89. The molecule has 1 saturated heterocycles. The smallest absolute Gasteiger partial charge is 0.246 e. The lowest BCUT2D eigenvalue weighted by molar-refractivity contribution is 0.310. The first-order chi connectivity index (χ1) is 7.10. The second-order valence-electron chi connectivity index (χ2n) is 3.65. The maximum atomic E-state index is 12.0. The van der Waals surface area contributed by atoms with Crippen LogP contribution in [0.25, 0.3) is 0 Å². The molecule has 1 aromatic heterocycles. The number of sulfonamides is 1. The van der Waals surface area contributed by atoms with Crippen molar-refractivity contribution >= 4 is 10.0 Å². The molecule has 0 aliphatic carbocycles. The van der Waals surface area contributed by atoms with E-state index in [4.69, 9.17) is 0 Å². The van der Waals surface area contributed by atoms with Crippen molar-refractivity contribution in [2.75, 3.05) is 19.6 Å². The Morgan fingerprint density at radius 2 is 2.40 bits per heavy atom. The summed E-state index contributed by atoms with van der Waals surface area (Å²) >= 11 is 0. The Morgan fingerprint density at radius 1 is 1.60 bits per heavy atom. The largest absolute Gasteiger partial charge is 0.312 e. The Labute approximate surface area is 88.7 Å². The van der Waals surface area contributed by atoms with Crippen LogP contribution in [0.5, 0.6) is 0 Å². The number of piperazine rings is 1. The maximum absolute atomic E-state index is 12.0. The van der Waals surface area contributed by atoms with E-state index in [1.54, 1.807) is 0 Å². The fourth-order valence-corrected chi connectivity index (χ4v) is 3.08. The first kappa shape index (κ1) is 10.6. The van der Waals surface area contributed by atoms with Crippen LogP contribution in [0.1, 0.15) is 6.92 Å². The van der Waals surface area contributed by atoms with Crippen molar-refractivity contribution < 1.29 is 8.42 Å². The van der Waals surface area contributed by atoms with Crippen molar-refractivity contribution in [1.29, 1.82) is 0 Å². The number of nitrogens with zero attached hydrogens (tertiary/aromatic N) is 2. The van der Waals surface area contributed by atoms with E-state index in [0.717, 1.165) is 0 Å². The average Bonchev–Trinajstić information content (AvgIpc) is 2.71. The Bertz CT molecular complexity index is 414. The highest BCUT2D eigenvalue weighted by Gasteiger charge is 2.28. The van der Waals surface area contributed by atoms with E-state index < -0.39 is 10.0 Å². The summed E-state index contributed by atoms with van der Waals surface area (Å²) < 4.78 is 25.5. The molecule has 1 aliphatic rings. The number of nitrogens with one attached hydrogen (secondary N) is 2. The minimum absolute atomic E-state index is 0.195. The van der Waals surface area contributed by atoms with Crippen LogP contribution < -0.4 is 5.32 Å². The quantitative estimate of drug-likeness (QED) is 0.710. The van der Waals surface area contributed by atoms with Gasteiger partial charge in [-0.1, -0.05) is 0 Å². The molecule has 0 saturated carbocycles. The molecule has 2 heterocycles. The predicted molar refractivity (Wildman–Crippen MR) is 54.8 cm³/mol. The van der Waals surface area contributed by atoms with Crippen LogP contribution in [0.3, 0.4) is 0 Å². The number of hydrogen-bond acceptors (Lipinski definition) is 4. The van der Waals surface area contributed by atoms with Gasteiger partial charge in [0.25, 0.3) is 0 Å². The van der Waals surface area contributed by atoms with Gasteiger partial charge in [-0.25, -0.2) is 8.42 Å². The molecule has 15 heavy (non-hydrogen) atoms. The normalized spacial score (nSPS) is 24.2. The van der Waals surface area contributed by atoms with E-state index >= 15 is 0 Å². The van der Waals surface area contributed by atoms with Crippen LogP contribution in [-0.2, 0) is 10.0 Å². The summed E-state index contributed by atoms with van der Waals surface area (Å²) in [5.74, 6) is 0. The van der Waals surface area contributed by atoms with Gasteiger partial charge in [-0.15, -0.1) is 0 Å². The molecule has 2 N–H and O–H groups in total. The van der Waals surface area contributed by atoms with E-state index in [2.05, 4.69) is 15.5 Å². The summed E-state index contributed by atoms with van der Waals surface area (Å²) in [5, 5.41) is 9.37. The number of hydrogen-bond donors (Lipinski definition) is 2. The molecule has 0 radical (unpaired) electrons. The molecule has 84 valence electrons. The van der Waals surface area contributed by atoms with Crippen molar-refractivity contribution in [3.05, 3.63) is 12.4 Å². The Kier molecular flexibility index (Phi) is 2.76. The molecule has 0 aromatic carbocycles. The molecule has 2 rings (SSSR count). The molecule has 0 bridgehead atoms. The second kappa shape index (κ2) is 3.92. The van der Waals surface area contributed by atoms with Crippen molar-refractivity contribution in [2.24, 2.45) is 0 Å². The highest BCUT2D eigenvalue weighted by Crippen LogP contribution is 2.15. The Morgan fingerprint density at radius 3 is 3.00 bits per heavy atom. The summed E-state index contributed by atoms with van der Waals surface area (Å²) in [5.41, 5.74) is 0. The molecule has 0 spiro atoms. The fraction of sp³-hybridized carbons (Fsp3) is 0.625. The van der Waals surface area contributed by atoms with Gasteiger partial charge in [0.1, 0.15) is 4.90 Å². The Balaban J connectivity index is 2.22. The summed E-state index contributed by atoms with van der Waals surface area (Å²) in [6.45, 7) is 3.68. The molecular formula is C8H14N4O2S. The zero-order valence-electron chi connectivity index (χ0n) is 8.47. The minimum Gasteiger partial charge on any atom is -0.312 e. The molecule has 0 unspecified atom stereocenters. The predicted octanol–water partition coefficient (Wildman–Crippen LogP) is -0.608. The van der Waals surface area contributed by atoms with Crippen molar-refractivity contribution in [3.8, 4) is 0 Å². The molecule has 7 heteroatoms. The summed E-state index contributed by atoms with van der Waals surface area (Å²) in [6, 6.07) is 0.195. The van der Waals surface area contributed by atoms with Gasteiger partial charge in [0, 0.05) is 31.9 Å². The van der Waals surface area contributed by atoms with Gasteiger partial charge in [-0.2, -0.15) is 9.40 Å². The maximum Gasteiger partial charge on any atom is 0.246 e. The van der Waals surface area contributed by atoms with Crippen LogP contribution in [0, 0.1) is 0 Å². The fourth-order valence-electron chi connectivity index (χ4n) is 1.64. The number of aromatic amines is 1. The van der Waals surface area contributed by atoms with Gasteiger partial charge < -0.3 is 5.32 Å². The third kappa shape index (κ3) is 2.04. The molecule has 1 aromatic rings. The lowest BCUT2D eigenvalue weighted by atomic mass is 10.3. The van der Waals surface area contributed by atoms with Gasteiger partial charge in [0.05, 0.1) is 6.20 Å². The van der Waals surface area contributed by atoms with Crippen LogP contribution in [0.15, 0.2) is 17.3 Å². The first-order valence-corrected chi connectivity index (χ1v) is 6.27. The van der Waals surface area contributed by atoms with Gasteiger partial charge in [0.15, 0.2) is 0 Å². The lowest BCUT2D eigenvalue weighted by Crippen LogP contribution is -2.51. The topological polar surface area (TPSA) is 78.1 Å². The van der Waals surface area contributed by atoms with Crippen molar-refractivity contribution in [3.63, 3.8) is 0 Å². The van der Waals surface area contributed by atoms with Crippen molar-refractivity contribution in [1.82, 2.24) is 19.8 Å². The SMILES string of the molecule is C[C@H]1CN(S(=O)(=O)c2cn[nH]c2)CCN1. The lowest BCUT2D eigenvalue weighted by Gasteiger charge is -2.30. The summed E-state index contributed by atoms with van der Waals surface area (Å²) in [6.07, 6.45) is 2.74. The van der Waals surface area contributed by atoms with E-state index in [1.165, 1.54) is 16.7 Å². The van der Waals surface area contributed by atoms with Crippen molar-refractivity contribution in [2.45, 2.75) is 17.9 Å². The monoisotopic (exact) mass is 230 g/mol. The van der Waals surface area contributed by atoms with E-state index in [9.17, 15) is 8.42 Å². The second-order valence-corrected chi connectivity index (χ2v) is 5.59. The van der Waals surface area contributed by atoms with E-state index in [1.807, 2.05) is 6.92 Å². The zero-order chi connectivity index (χ0) is 10.9. The minimum atomic E-state index is -3.35. The number of rotatable bonds is 2. The molecule has 1 fully saturated rings. The van der Waals surface area contributed by atoms with Gasteiger partial charge in [-0.3, -0.25) is 5.10 Å². The van der Waals surface area contributed by atoms with Crippen LogP contribution in [0.4, 0.5) is 0 Å². The van der Waals surface area contributed by atoms with Gasteiger partial charge >= 0.3 is 0 Å². The van der Waals surface area contributed by atoms with E-state index in [0.29, 0.717) is 19.6 Å². The standard InChI is InChI=1S/C8H14N4O2S/c1-7-6-12(3-2-9-7)15(13,14)8-4-10-11-5-8/h4-5,7,9H,2-3,6H2,1H3,(H,10,11)/t7-/m0/s1. The Hall–Kier alpha value is -0.920. The van der Waals surface area contributed by atoms with Crippen LogP contribution >= 0.6 is 0 Å². The first-order valence-electron chi connectivity index (χ1n) is 4.83. The zero-order valence-corrected chi connectivity index (χ0v) is 9.29. The molecular weight excluding hydrogens is 216 g/mol. The third-order valence-electron chi connectivity index (χ3n) is 2.44. The molecule has 1 aliphatic heterocycles. The van der Waals surface area contributed by atoms with E-state index in [-0.39, 0.29) is 10.9 Å². The van der Waals surface area contributed by atoms with Gasteiger partial charge in [-0.05, 0) is 6.92 Å². The third-order valence-corrected chi connectivity index (χ3v) is 4.27. The molecule has 0 amide bonds. The van der Waals surface area contributed by atoms with Crippen LogP contribution in [-0.4, -0.2) is 48.6 Å². The highest BCUT2D eigenvalue weighted by atomic mass is 32.2. The summed E-state index contributed by atoms with van der Waals surface area (Å²) in [7, 11) is -3.35. The molecule has 1 atom stereocenters. The number of aromatic nitrogens is 2. The molecule has 6 nitrogen and oxygen atoms in total. The average molecular weight is 230 g/mol. The van der Waals surface area contributed by atoms with Crippen LogP contribution in [0.2, 0.25) is 0 Å².